The second-order valence-electron chi connectivity index (χ2n) is 5.68. The lowest BCUT2D eigenvalue weighted by Gasteiger charge is -2.17. The van der Waals surface area contributed by atoms with Crippen molar-refractivity contribution in [1.82, 2.24) is 5.16 Å². The van der Waals surface area contributed by atoms with Crippen LogP contribution in [0.1, 0.15) is 27.9 Å². The lowest BCUT2D eigenvalue weighted by atomic mass is 10.1. The number of hydrogen-bond acceptors (Lipinski definition) is 5. The number of rotatable bonds is 5. The Balaban J connectivity index is 1.85. The Morgan fingerprint density at radius 1 is 1.07 bits per heavy atom. The number of nitrogens with one attached hydrogen (secondary N) is 1. The molecule has 1 atom stereocenters. The minimum atomic E-state index is -1.21. The summed E-state index contributed by atoms with van der Waals surface area (Å²) in [6, 6.07) is 14.7. The number of benzene rings is 2. The largest absolute Gasteiger partial charge is 0.441 e. The van der Waals surface area contributed by atoms with Crippen LogP contribution in [0.4, 0.5) is 5.69 Å². The molecule has 3 rings (SSSR count). The Labute approximate surface area is 165 Å². The molecule has 138 valence electrons. The van der Waals surface area contributed by atoms with Gasteiger partial charge in [0.05, 0.1) is 5.69 Å². The van der Waals surface area contributed by atoms with Gasteiger partial charge in [0, 0.05) is 27.4 Å². The zero-order valence-corrected chi connectivity index (χ0v) is 15.6. The van der Waals surface area contributed by atoms with E-state index in [0.29, 0.717) is 27.0 Å². The molecule has 3 aromatic rings. The second-order valence-corrected chi connectivity index (χ2v) is 6.55. The van der Waals surface area contributed by atoms with Crippen molar-refractivity contribution in [2.24, 2.45) is 0 Å². The maximum Gasteiger partial charge on any atom is 0.378 e. The van der Waals surface area contributed by atoms with Gasteiger partial charge in [-0.1, -0.05) is 58.7 Å². The molecule has 6 nitrogen and oxygen atoms in total. The van der Waals surface area contributed by atoms with E-state index in [2.05, 4.69) is 10.5 Å². The molecule has 0 spiro atoms. The van der Waals surface area contributed by atoms with Crippen molar-refractivity contribution in [3.05, 3.63) is 81.7 Å². The van der Waals surface area contributed by atoms with E-state index in [4.69, 9.17) is 32.5 Å². The van der Waals surface area contributed by atoms with Crippen LogP contribution >= 0.6 is 23.2 Å². The molecule has 1 aromatic heterocycles. The van der Waals surface area contributed by atoms with E-state index in [1.165, 1.54) is 18.2 Å². The van der Waals surface area contributed by atoms with Crippen LogP contribution in [0, 0.1) is 6.92 Å². The van der Waals surface area contributed by atoms with E-state index in [1.54, 1.807) is 43.3 Å². The summed E-state index contributed by atoms with van der Waals surface area (Å²) in [5, 5.41) is 7.03. The highest BCUT2D eigenvalue weighted by Crippen LogP contribution is 2.25. The van der Waals surface area contributed by atoms with Crippen molar-refractivity contribution in [2.45, 2.75) is 13.0 Å². The maximum absolute atomic E-state index is 12.8. The second kappa shape index (κ2) is 8.24. The van der Waals surface area contributed by atoms with Crippen molar-refractivity contribution in [1.29, 1.82) is 0 Å². The van der Waals surface area contributed by atoms with Crippen molar-refractivity contribution in [3.63, 3.8) is 0 Å². The Morgan fingerprint density at radius 2 is 1.74 bits per heavy atom. The number of hydrogen-bond donors (Lipinski definition) is 1. The van der Waals surface area contributed by atoms with E-state index >= 15 is 0 Å². The number of carbonyl (C=O) groups is 2. The van der Waals surface area contributed by atoms with Crippen LogP contribution in [0.3, 0.4) is 0 Å². The number of carbonyl (C=O) groups excluding carboxylic acids is 2. The summed E-state index contributed by atoms with van der Waals surface area (Å²) in [5.41, 5.74) is 1.40. The number of esters is 1. The number of nitrogens with zero attached hydrogens (tertiary/aromatic N) is 1. The van der Waals surface area contributed by atoms with Gasteiger partial charge in [-0.2, -0.15) is 0 Å². The van der Waals surface area contributed by atoms with Gasteiger partial charge in [0.15, 0.2) is 0 Å². The van der Waals surface area contributed by atoms with E-state index in [9.17, 15) is 9.59 Å². The Hall–Kier alpha value is -2.83. The Bertz CT molecular complexity index is 953. The lowest BCUT2D eigenvalue weighted by molar-refractivity contribution is -0.125. The molecule has 0 aliphatic rings. The van der Waals surface area contributed by atoms with E-state index < -0.39 is 18.0 Å². The monoisotopic (exact) mass is 404 g/mol. The van der Waals surface area contributed by atoms with Crippen molar-refractivity contribution in [2.75, 3.05) is 5.32 Å². The minimum Gasteiger partial charge on any atom is -0.441 e. The molecule has 1 N–H and O–H groups in total. The molecule has 8 heteroatoms. The number of aromatic nitrogens is 1. The average molecular weight is 405 g/mol. The molecule has 0 unspecified atom stereocenters. The summed E-state index contributed by atoms with van der Waals surface area (Å²) < 4.78 is 10.3. The Morgan fingerprint density at radius 3 is 2.33 bits per heavy atom. The van der Waals surface area contributed by atoms with E-state index in [-0.39, 0.29) is 5.76 Å². The summed E-state index contributed by atoms with van der Waals surface area (Å²) in [6.07, 6.45) is -1.21. The summed E-state index contributed by atoms with van der Waals surface area (Å²) >= 11 is 11.9. The lowest BCUT2D eigenvalue weighted by Crippen LogP contribution is -2.25. The molecule has 1 amide bonds. The highest BCUT2D eigenvalue weighted by Gasteiger charge is 2.27. The highest BCUT2D eigenvalue weighted by atomic mass is 35.5. The van der Waals surface area contributed by atoms with Gasteiger partial charge in [-0.25, -0.2) is 4.79 Å². The SMILES string of the molecule is Cc1cc(C(=O)O[C@H](C(=O)Nc2cc(Cl)cc(Cl)c2)c2ccccc2)on1. The van der Waals surface area contributed by atoms with Crippen molar-refractivity contribution in [3.8, 4) is 0 Å². The smallest absolute Gasteiger partial charge is 0.378 e. The molecule has 27 heavy (non-hydrogen) atoms. The number of ether oxygens (including phenoxy) is 1. The first-order valence-corrected chi connectivity index (χ1v) is 8.64. The quantitative estimate of drug-likeness (QED) is 0.615. The summed E-state index contributed by atoms with van der Waals surface area (Å²) in [6.45, 7) is 1.67. The minimum absolute atomic E-state index is 0.0907. The zero-order valence-electron chi connectivity index (χ0n) is 14.1. The molecule has 0 aliphatic heterocycles. The van der Waals surface area contributed by atoms with Gasteiger partial charge in [-0.15, -0.1) is 0 Å². The number of anilines is 1. The van der Waals surface area contributed by atoms with Gasteiger partial charge >= 0.3 is 5.97 Å². The molecule has 0 saturated carbocycles. The molecular formula is C19H14Cl2N2O4. The van der Waals surface area contributed by atoms with Crippen LogP contribution in [-0.2, 0) is 9.53 Å². The van der Waals surface area contributed by atoms with Gasteiger partial charge in [0.1, 0.15) is 0 Å². The molecule has 0 bridgehead atoms. The first-order chi connectivity index (χ1) is 12.9. The number of halogens is 2. The zero-order chi connectivity index (χ0) is 19.4. The summed E-state index contributed by atoms with van der Waals surface area (Å²) in [5.74, 6) is -1.46. The molecule has 0 fully saturated rings. The van der Waals surface area contributed by atoms with E-state index in [0.717, 1.165) is 0 Å². The summed E-state index contributed by atoms with van der Waals surface area (Å²) in [4.78, 5) is 25.1. The van der Waals surface area contributed by atoms with Gasteiger partial charge in [0.25, 0.3) is 5.91 Å². The fourth-order valence-electron chi connectivity index (χ4n) is 2.36. The molecule has 2 aromatic carbocycles. The summed E-state index contributed by atoms with van der Waals surface area (Å²) in [7, 11) is 0. The molecule has 0 saturated heterocycles. The van der Waals surface area contributed by atoms with Gasteiger partial charge in [0.2, 0.25) is 11.9 Å². The van der Waals surface area contributed by atoms with Gasteiger partial charge in [-0.05, 0) is 25.1 Å². The van der Waals surface area contributed by atoms with Crippen LogP contribution in [0.15, 0.2) is 59.1 Å². The average Bonchev–Trinajstić information content (AvgIpc) is 3.06. The highest BCUT2D eigenvalue weighted by molar-refractivity contribution is 6.35. The van der Waals surface area contributed by atoms with Crippen molar-refractivity contribution < 1.29 is 18.8 Å². The van der Waals surface area contributed by atoms with Gasteiger partial charge < -0.3 is 14.6 Å². The first kappa shape index (κ1) is 18.9. The predicted octanol–water partition coefficient (Wildman–Crippen LogP) is 4.83. The standard InChI is InChI=1S/C19H14Cl2N2O4/c1-11-7-16(27-23-11)19(25)26-17(12-5-3-2-4-6-12)18(24)22-15-9-13(20)8-14(21)10-15/h2-10,17H,1H3,(H,22,24)/t17-/m0/s1. The first-order valence-electron chi connectivity index (χ1n) is 7.88. The van der Waals surface area contributed by atoms with E-state index in [1.807, 2.05) is 0 Å². The fourth-order valence-corrected chi connectivity index (χ4v) is 2.89. The number of amides is 1. The molecule has 1 heterocycles. The number of aryl methyl sites for hydroxylation is 1. The predicted molar refractivity (Wildman–Crippen MR) is 101 cm³/mol. The molecule has 0 radical (unpaired) electrons. The third-order valence-corrected chi connectivity index (χ3v) is 3.96. The molecular weight excluding hydrogens is 391 g/mol. The van der Waals surface area contributed by atoms with Crippen molar-refractivity contribution >= 4 is 40.8 Å². The van der Waals surface area contributed by atoms with Crippen LogP contribution in [-0.4, -0.2) is 17.0 Å². The topological polar surface area (TPSA) is 81.4 Å². The maximum atomic E-state index is 12.8. The fraction of sp³-hybridized carbons (Fsp3) is 0.105. The third-order valence-electron chi connectivity index (χ3n) is 3.52. The van der Waals surface area contributed by atoms with Gasteiger partial charge in [-0.3, -0.25) is 4.79 Å². The van der Waals surface area contributed by atoms with Crippen LogP contribution in [0.25, 0.3) is 0 Å². The van der Waals surface area contributed by atoms with Crippen LogP contribution in [0.5, 0.6) is 0 Å². The van der Waals surface area contributed by atoms with Crippen LogP contribution in [0.2, 0.25) is 10.0 Å². The normalized spacial score (nSPS) is 11.7. The Kier molecular flexibility index (Phi) is 5.78. The van der Waals surface area contributed by atoms with Crippen LogP contribution < -0.4 is 5.32 Å². The molecule has 0 aliphatic carbocycles. The third kappa shape index (κ3) is 4.87.